The summed E-state index contributed by atoms with van der Waals surface area (Å²) in [5.41, 5.74) is 3.31. The number of anilines is 3. The Labute approximate surface area is 194 Å². The minimum Gasteiger partial charge on any atom is -0.494 e. The zero-order chi connectivity index (χ0) is 22.2. The number of piperidine rings is 1. The van der Waals surface area contributed by atoms with Crippen molar-refractivity contribution in [2.75, 3.05) is 43.5 Å². The molecule has 1 aromatic carbocycles. The minimum absolute atomic E-state index is 0.658. The number of aryl methyl sites for hydroxylation is 1. The topological polar surface area (TPSA) is 66.4 Å². The van der Waals surface area contributed by atoms with E-state index in [0.717, 1.165) is 48.3 Å². The molecule has 1 fully saturated rings. The Balaban J connectivity index is 1.22. The number of nitrogens with zero attached hydrogens (tertiary/aromatic N) is 5. The second kappa shape index (κ2) is 11.2. The van der Waals surface area contributed by atoms with Gasteiger partial charge >= 0.3 is 0 Å². The van der Waals surface area contributed by atoms with Gasteiger partial charge in [-0.3, -0.25) is 9.88 Å². The van der Waals surface area contributed by atoms with Crippen molar-refractivity contribution in [3.63, 3.8) is 0 Å². The van der Waals surface area contributed by atoms with E-state index in [0.29, 0.717) is 6.61 Å². The summed E-state index contributed by atoms with van der Waals surface area (Å²) in [5.74, 6) is 2.55. The summed E-state index contributed by atoms with van der Waals surface area (Å²) in [6.45, 7) is 6.84. The van der Waals surface area contributed by atoms with Crippen LogP contribution in [0.1, 0.15) is 36.9 Å². The van der Waals surface area contributed by atoms with Crippen LogP contribution in [0.2, 0.25) is 0 Å². The van der Waals surface area contributed by atoms with Crippen LogP contribution in [0.5, 0.6) is 5.75 Å². The molecule has 1 saturated heterocycles. The lowest BCUT2D eigenvalue weighted by Gasteiger charge is -2.26. The third-order valence-corrected chi connectivity index (χ3v) is 6.23. The first-order valence-corrected chi connectivity index (χ1v) is 12.1. The van der Waals surface area contributed by atoms with Crippen molar-refractivity contribution in [1.29, 1.82) is 0 Å². The van der Waals surface area contributed by atoms with Crippen molar-refractivity contribution in [3.05, 3.63) is 53.9 Å². The molecule has 1 aliphatic heterocycles. The average molecular weight is 453 g/mol. The lowest BCUT2D eigenvalue weighted by molar-refractivity contribution is 0.220. The number of rotatable bonds is 10. The first-order valence-electron chi connectivity index (χ1n) is 11.4. The second-order valence-electron chi connectivity index (χ2n) is 8.27. The Morgan fingerprint density at radius 1 is 1.12 bits per heavy atom. The molecule has 3 heterocycles. The van der Waals surface area contributed by atoms with E-state index < -0.39 is 0 Å². The molecule has 0 radical (unpaired) electrons. The number of ether oxygens (including phenoxy) is 1. The molecule has 0 atom stereocenters. The molecule has 0 aliphatic carbocycles. The SMILES string of the molecule is Cc1ccc(N(C)c2nsnc2NCCCOc2cccc(CN3CCCCC3)c2)cn1. The van der Waals surface area contributed by atoms with Gasteiger partial charge in [-0.2, -0.15) is 8.75 Å². The van der Waals surface area contributed by atoms with Crippen LogP contribution in [0.4, 0.5) is 17.3 Å². The highest BCUT2D eigenvalue weighted by molar-refractivity contribution is 6.99. The molecule has 3 aromatic rings. The summed E-state index contributed by atoms with van der Waals surface area (Å²) >= 11 is 1.21. The Morgan fingerprint density at radius 2 is 2.00 bits per heavy atom. The molecule has 0 spiro atoms. The van der Waals surface area contributed by atoms with Gasteiger partial charge in [0.25, 0.3) is 0 Å². The van der Waals surface area contributed by atoms with Gasteiger partial charge in [-0.1, -0.05) is 18.6 Å². The summed E-state index contributed by atoms with van der Waals surface area (Å²) in [6, 6.07) is 12.5. The average Bonchev–Trinajstić information content (AvgIpc) is 3.28. The van der Waals surface area contributed by atoms with E-state index in [2.05, 4.69) is 42.1 Å². The first kappa shape index (κ1) is 22.5. The van der Waals surface area contributed by atoms with Gasteiger partial charge in [0.15, 0.2) is 11.6 Å². The number of hydrogen-bond acceptors (Lipinski definition) is 8. The maximum absolute atomic E-state index is 6.00. The molecule has 170 valence electrons. The highest BCUT2D eigenvalue weighted by Gasteiger charge is 2.14. The summed E-state index contributed by atoms with van der Waals surface area (Å²) in [6.07, 6.45) is 6.73. The maximum atomic E-state index is 6.00. The zero-order valence-electron chi connectivity index (χ0n) is 19.0. The van der Waals surface area contributed by atoms with E-state index in [1.165, 1.54) is 49.6 Å². The molecule has 1 aliphatic rings. The van der Waals surface area contributed by atoms with Gasteiger partial charge in [-0.15, -0.1) is 0 Å². The fourth-order valence-corrected chi connectivity index (χ4v) is 4.43. The number of benzene rings is 1. The molecular formula is C24H32N6OS. The lowest BCUT2D eigenvalue weighted by Crippen LogP contribution is -2.29. The van der Waals surface area contributed by atoms with Gasteiger partial charge in [-0.05, 0) is 69.1 Å². The quantitative estimate of drug-likeness (QED) is 0.440. The highest BCUT2D eigenvalue weighted by Crippen LogP contribution is 2.28. The molecule has 8 heteroatoms. The molecule has 0 saturated carbocycles. The molecular weight excluding hydrogens is 420 g/mol. The van der Waals surface area contributed by atoms with E-state index in [-0.39, 0.29) is 0 Å². The minimum atomic E-state index is 0.658. The smallest absolute Gasteiger partial charge is 0.191 e. The Kier molecular flexibility index (Phi) is 7.90. The fraction of sp³-hybridized carbons (Fsp3) is 0.458. The molecule has 4 rings (SSSR count). The van der Waals surface area contributed by atoms with E-state index in [1.54, 1.807) is 0 Å². The van der Waals surface area contributed by atoms with Gasteiger partial charge in [0.2, 0.25) is 0 Å². The molecule has 0 bridgehead atoms. The molecule has 0 unspecified atom stereocenters. The van der Waals surface area contributed by atoms with Gasteiger partial charge < -0.3 is 15.0 Å². The Bertz CT molecular complexity index is 971. The fourth-order valence-electron chi connectivity index (χ4n) is 3.87. The third-order valence-electron chi connectivity index (χ3n) is 5.71. The first-order chi connectivity index (χ1) is 15.7. The molecule has 32 heavy (non-hydrogen) atoms. The Morgan fingerprint density at radius 3 is 2.81 bits per heavy atom. The van der Waals surface area contributed by atoms with Crippen LogP contribution in [0.15, 0.2) is 42.6 Å². The van der Waals surface area contributed by atoms with Crippen molar-refractivity contribution in [2.45, 2.75) is 39.2 Å². The van der Waals surface area contributed by atoms with Crippen LogP contribution in [-0.2, 0) is 6.54 Å². The predicted molar refractivity (Wildman–Crippen MR) is 131 cm³/mol. The highest BCUT2D eigenvalue weighted by atomic mass is 32.1. The van der Waals surface area contributed by atoms with Crippen molar-refractivity contribution in [1.82, 2.24) is 18.6 Å². The standard InChI is InChI=1S/C24H32N6OS/c1-19-10-11-21(17-26-19)29(2)24-23(27-32-28-24)25-12-7-15-31-22-9-6-8-20(16-22)18-30-13-4-3-5-14-30/h6,8-11,16-17H,3-5,7,12-15,18H2,1-2H3,(H,25,27). The van der Waals surface area contributed by atoms with E-state index in [4.69, 9.17) is 4.74 Å². The van der Waals surface area contributed by atoms with E-state index in [1.807, 2.05) is 43.3 Å². The van der Waals surface area contributed by atoms with Crippen LogP contribution in [0.3, 0.4) is 0 Å². The van der Waals surface area contributed by atoms with Crippen LogP contribution >= 0.6 is 11.7 Å². The van der Waals surface area contributed by atoms with Crippen molar-refractivity contribution in [3.8, 4) is 5.75 Å². The summed E-state index contributed by atoms with van der Waals surface area (Å²) in [5, 5.41) is 3.40. The number of nitrogens with one attached hydrogen (secondary N) is 1. The molecule has 2 aromatic heterocycles. The molecule has 1 N–H and O–H groups in total. The number of hydrogen-bond donors (Lipinski definition) is 1. The van der Waals surface area contributed by atoms with Crippen LogP contribution < -0.4 is 15.0 Å². The number of aromatic nitrogens is 3. The lowest BCUT2D eigenvalue weighted by atomic mass is 10.1. The van der Waals surface area contributed by atoms with Gasteiger partial charge in [0.1, 0.15) is 5.75 Å². The van der Waals surface area contributed by atoms with E-state index >= 15 is 0 Å². The van der Waals surface area contributed by atoms with Crippen LogP contribution in [-0.4, -0.2) is 51.9 Å². The molecule has 0 amide bonds. The predicted octanol–water partition coefficient (Wildman–Crippen LogP) is 4.88. The number of likely N-dealkylation sites (tertiary alicyclic amines) is 1. The van der Waals surface area contributed by atoms with E-state index in [9.17, 15) is 0 Å². The van der Waals surface area contributed by atoms with Crippen LogP contribution in [0.25, 0.3) is 0 Å². The summed E-state index contributed by atoms with van der Waals surface area (Å²) in [7, 11) is 1.98. The Hall–Kier alpha value is -2.71. The third kappa shape index (κ3) is 6.17. The zero-order valence-corrected chi connectivity index (χ0v) is 19.8. The largest absolute Gasteiger partial charge is 0.494 e. The maximum Gasteiger partial charge on any atom is 0.191 e. The van der Waals surface area contributed by atoms with Crippen LogP contribution in [0, 0.1) is 6.92 Å². The van der Waals surface area contributed by atoms with Gasteiger partial charge in [-0.25, -0.2) is 0 Å². The number of pyridine rings is 1. The van der Waals surface area contributed by atoms with Crippen molar-refractivity contribution < 1.29 is 4.74 Å². The second-order valence-corrected chi connectivity index (χ2v) is 8.79. The normalized spacial score (nSPS) is 14.3. The monoisotopic (exact) mass is 452 g/mol. The van der Waals surface area contributed by atoms with Crippen molar-refractivity contribution in [2.24, 2.45) is 0 Å². The summed E-state index contributed by atoms with van der Waals surface area (Å²) < 4.78 is 14.9. The summed E-state index contributed by atoms with van der Waals surface area (Å²) in [4.78, 5) is 8.91. The molecule has 7 nitrogen and oxygen atoms in total. The van der Waals surface area contributed by atoms with Gasteiger partial charge in [0.05, 0.1) is 30.2 Å². The van der Waals surface area contributed by atoms with Crippen molar-refractivity contribution >= 4 is 29.1 Å². The van der Waals surface area contributed by atoms with Gasteiger partial charge in [0, 0.05) is 25.8 Å².